The molecule has 0 saturated carbocycles. The van der Waals surface area contributed by atoms with Crippen molar-refractivity contribution in [3.8, 4) is 16.9 Å². The van der Waals surface area contributed by atoms with Crippen LogP contribution in [0.1, 0.15) is 24.3 Å². The van der Waals surface area contributed by atoms with Crippen molar-refractivity contribution in [1.29, 1.82) is 0 Å². The van der Waals surface area contributed by atoms with E-state index in [-0.39, 0.29) is 11.7 Å². The number of hydrogen-bond acceptors (Lipinski definition) is 5. The molecule has 5 rings (SSSR count). The van der Waals surface area contributed by atoms with Crippen LogP contribution >= 0.6 is 15.9 Å². The van der Waals surface area contributed by atoms with Crippen LogP contribution in [0.2, 0.25) is 0 Å². The lowest BCUT2D eigenvalue weighted by Crippen LogP contribution is -2.32. The zero-order valence-electron chi connectivity index (χ0n) is 19.6. The number of halogens is 2. The van der Waals surface area contributed by atoms with Crippen molar-refractivity contribution in [2.45, 2.75) is 25.7 Å². The van der Waals surface area contributed by atoms with Crippen LogP contribution in [0.15, 0.2) is 77.4 Å². The maximum atomic E-state index is 13.7. The number of ether oxygens (including phenoxy) is 1. The van der Waals surface area contributed by atoms with Crippen LogP contribution in [0.4, 0.5) is 15.8 Å². The molecule has 1 aliphatic rings. The van der Waals surface area contributed by atoms with E-state index in [1.165, 1.54) is 12.1 Å². The van der Waals surface area contributed by atoms with Gasteiger partial charge in [0.15, 0.2) is 6.23 Å². The first kappa shape index (κ1) is 24.0. The fourth-order valence-electron chi connectivity index (χ4n) is 4.30. The number of nitrogen functional groups attached to an aromatic ring is 2. The van der Waals surface area contributed by atoms with E-state index in [1.807, 2.05) is 42.6 Å². The highest BCUT2D eigenvalue weighted by atomic mass is 79.9. The number of carbonyl (C=O) groups excluding carboxylic acids is 1. The summed E-state index contributed by atoms with van der Waals surface area (Å²) in [5.74, 6) is -0.442. The van der Waals surface area contributed by atoms with Crippen LogP contribution in [-0.2, 0) is 16.0 Å². The zero-order valence-corrected chi connectivity index (χ0v) is 21.2. The second-order valence-corrected chi connectivity index (χ2v) is 9.65. The number of anilines is 2. The van der Waals surface area contributed by atoms with Crippen molar-refractivity contribution in [3.63, 3.8) is 0 Å². The van der Waals surface area contributed by atoms with Gasteiger partial charge < -0.3 is 21.1 Å². The normalized spacial score (nSPS) is 17.6. The number of hydrogen-bond donors (Lipinski definition) is 2. The van der Waals surface area contributed by atoms with Crippen molar-refractivity contribution in [1.82, 2.24) is 14.7 Å². The minimum absolute atomic E-state index is 0.107. The summed E-state index contributed by atoms with van der Waals surface area (Å²) in [6, 6.07) is 19.3. The summed E-state index contributed by atoms with van der Waals surface area (Å²) >= 11 is 3.46. The van der Waals surface area contributed by atoms with Crippen molar-refractivity contribution in [2.24, 2.45) is 0 Å². The molecule has 0 spiro atoms. The highest BCUT2D eigenvalue weighted by Crippen LogP contribution is 2.37. The predicted molar refractivity (Wildman–Crippen MR) is 141 cm³/mol. The Hall–Kier alpha value is -3.69. The lowest BCUT2D eigenvalue weighted by Gasteiger charge is -2.23. The van der Waals surface area contributed by atoms with Gasteiger partial charge in [-0.2, -0.15) is 5.10 Å². The summed E-state index contributed by atoms with van der Waals surface area (Å²) in [4.78, 5) is 14.8. The average molecular weight is 550 g/mol. The standard InChI is InChI=1S/C27H25BrFN5O2/c1-16-26(35)33(13-12-17-2-11-23(30)24(31)14-17)27(36-16)22-15-34(21-9-5-19(28)6-10-21)32-25(22)18-3-7-20(29)8-4-18/h2-11,14-16,27H,12-13,30-31H2,1H3/t16-,27+/m0/s1. The fourth-order valence-corrected chi connectivity index (χ4v) is 4.56. The highest BCUT2D eigenvalue weighted by Gasteiger charge is 2.40. The summed E-state index contributed by atoms with van der Waals surface area (Å²) in [7, 11) is 0. The van der Waals surface area contributed by atoms with Crippen LogP contribution < -0.4 is 11.5 Å². The molecule has 2 heterocycles. The summed E-state index contributed by atoms with van der Waals surface area (Å²) in [5, 5.41) is 4.81. The number of rotatable bonds is 6. The largest absolute Gasteiger partial charge is 0.397 e. The molecule has 4 N–H and O–H groups in total. The summed E-state index contributed by atoms with van der Waals surface area (Å²) in [6.45, 7) is 2.16. The Morgan fingerprint density at radius 1 is 1.03 bits per heavy atom. The molecular formula is C27H25BrFN5O2. The third-order valence-electron chi connectivity index (χ3n) is 6.26. The van der Waals surface area contributed by atoms with Gasteiger partial charge in [0, 0.05) is 28.3 Å². The second-order valence-electron chi connectivity index (χ2n) is 8.74. The van der Waals surface area contributed by atoms with Crippen molar-refractivity contribution < 1.29 is 13.9 Å². The van der Waals surface area contributed by atoms with Crippen molar-refractivity contribution in [3.05, 3.63) is 94.3 Å². The van der Waals surface area contributed by atoms with E-state index in [0.29, 0.717) is 30.0 Å². The van der Waals surface area contributed by atoms with E-state index in [1.54, 1.807) is 34.7 Å². The monoisotopic (exact) mass is 549 g/mol. The van der Waals surface area contributed by atoms with Gasteiger partial charge in [-0.3, -0.25) is 4.79 Å². The molecule has 0 aliphatic carbocycles. The number of nitrogens with zero attached hydrogens (tertiary/aromatic N) is 3. The lowest BCUT2D eigenvalue weighted by atomic mass is 10.1. The molecule has 0 unspecified atom stereocenters. The first-order valence-corrected chi connectivity index (χ1v) is 12.3. The molecule has 1 saturated heterocycles. The molecule has 1 aliphatic heterocycles. The van der Waals surface area contributed by atoms with E-state index in [9.17, 15) is 9.18 Å². The number of aromatic nitrogens is 2. The molecule has 0 radical (unpaired) electrons. The third-order valence-corrected chi connectivity index (χ3v) is 6.79. The van der Waals surface area contributed by atoms with E-state index in [4.69, 9.17) is 21.3 Å². The molecule has 1 aromatic heterocycles. The van der Waals surface area contributed by atoms with Gasteiger partial charge >= 0.3 is 0 Å². The smallest absolute Gasteiger partial charge is 0.253 e. The van der Waals surface area contributed by atoms with E-state index >= 15 is 0 Å². The van der Waals surface area contributed by atoms with Crippen LogP contribution in [0, 0.1) is 5.82 Å². The summed E-state index contributed by atoms with van der Waals surface area (Å²) < 4.78 is 22.5. The molecule has 1 fully saturated rings. The molecule has 3 aromatic carbocycles. The van der Waals surface area contributed by atoms with Gasteiger partial charge in [-0.15, -0.1) is 0 Å². The van der Waals surface area contributed by atoms with Gasteiger partial charge in [-0.1, -0.05) is 22.0 Å². The number of carbonyl (C=O) groups is 1. The first-order chi connectivity index (χ1) is 17.3. The quantitative estimate of drug-likeness (QED) is 0.326. The van der Waals surface area contributed by atoms with Crippen LogP contribution in [0.25, 0.3) is 16.9 Å². The SMILES string of the molecule is C[C@@H]1O[C@H](c2cn(-c3ccc(Br)cc3)nc2-c2ccc(F)cc2)N(CCc2ccc(N)c(N)c2)C1=O. The van der Waals surface area contributed by atoms with Gasteiger partial charge in [-0.05, 0) is 79.6 Å². The molecule has 36 heavy (non-hydrogen) atoms. The Morgan fingerprint density at radius 2 is 1.75 bits per heavy atom. The van der Waals surface area contributed by atoms with E-state index in [0.717, 1.165) is 26.9 Å². The Labute approximate surface area is 216 Å². The Kier molecular flexibility index (Phi) is 6.51. The van der Waals surface area contributed by atoms with Crippen LogP contribution in [-0.4, -0.2) is 33.2 Å². The van der Waals surface area contributed by atoms with E-state index < -0.39 is 12.3 Å². The van der Waals surface area contributed by atoms with Crippen molar-refractivity contribution in [2.75, 3.05) is 18.0 Å². The molecule has 4 aromatic rings. The van der Waals surface area contributed by atoms with Crippen molar-refractivity contribution >= 4 is 33.2 Å². The summed E-state index contributed by atoms with van der Waals surface area (Å²) in [5.41, 5.74) is 16.7. The third kappa shape index (κ3) is 4.72. The number of nitrogens with two attached hydrogens (primary N) is 2. The molecule has 184 valence electrons. The topological polar surface area (TPSA) is 99.4 Å². The number of amides is 1. The van der Waals surface area contributed by atoms with Gasteiger partial charge in [0.1, 0.15) is 17.6 Å². The van der Waals surface area contributed by atoms with Crippen LogP contribution in [0.3, 0.4) is 0 Å². The van der Waals surface area contributed by atoms with Gasteiger partial charge in [0.25, 0.3) is 5.91 Å². The first-order valence-electron chi connectivity index (χ1n) is 11.5. The fraction of sp³-hybridized carbons (Fsp3) is 0.185. The van der Waals surface area contributed by atoms with Gasteiger partial charge in [0.05, 0.1) is 17.1 Å². The highest BCUT2D eigenvalue weighted by molar-refractivity contribution is 9.10. The van der Waals surface area contributed by atoms with Crippen LogP contribution in [0.5, 0.6) is 0 Å². The zero-order chi connectivity index (χ0) is 25.4. The Balaban J connectivity index is 1.53. The minimum Gasteiger partial charge on any atom is -0.397 e. The maximum Gasteiger partial charge on any atom is 0.253 e. The van der Waals surface area contributed by atoms with E-state index in [2.05, 4.69) is 15.9 Å². The molecule has 1 amide bonds. The van der Waals surface area contributed by atoms with Gasteiger partial charge in [0.2, 0.25) is 0 Å². The minimum atomic E-state index is -0.650. The Morgan fingerprint density at radius 3 is 2.44 bits per heavy atom. The lowest BCUT2D eigenvalue weighted by molar-refractivity contribution is -0.130. The molecule has 9 heteroatoms. The predicted octanol–water partition coefficient (Wildman–Crippen LogP) is 5.09. The summed E-state index contributed by atoms with van der Waals surface area (Å²) in [6.07, 6.45) is 1.19. The molecule has 7 nitrogen and oxygen atoms in total. The molecule has 0 bridgehead atoms. The van der Waals surface area contributed by atoms with Gasteiger partial charge in [-0.25, -0.2) is 9.07 Å². The molecule has 2 atom stereocenters. The Bertz CT molecular complexity index is 1400. The second kappa shape index (κ2) is 9.75. The molecular weight excluding hydrogens is 525 g/mol. The maximum absolute atomic E-state index is 13.7. The number of benzene rings is 3. The average Bonchev–Trinajstić information content (AvgIpc) is 3.42.